The molecule has 0 N–H and O–H groups in total. The number of rotatable bonds is 5. The van der Waals surface area contributed by atoms with Crippen molar-refractivity contribution in [3.63, 3.8) is 0 Å². The molecule has 0 bridgehead atoms. The zero-order chi connectivity index (χ0) is 14.2. The number of fused-ring (bicyclic) bond motifs is 1. The van der Waals surface area contributed by atoms with Gasteiger partial charge in [-0.05, 0) is 27.7 Å². The van der Waals surface area contributed by atoms with Crippen LogP contribution in [0.4, 0.5) is 0 Å². The molecule has 0 saturated carbocycles. The van der Waals surface area contributed by atoms with Crippen LogP contribution in [-0.2, 0) is 23.7 Å². The van der Waals surface area contributed by atoms with Crippen molar-refractivity contribution in [1.29, 1.82) is 0 Å². The minimum Gasteiger partial charge on any atom is -0.377 e. The number of nitrogens with zero attached hydrogens (tertiary/aromatic N) is 4. The monoisotopic (exact) mass is 284 g/mol. The SMILES string of the molecule is CCn1nc(C)c2nc(CCl)n(CC(C)(C)OC)c21. The third-order valence-corrected chi connectivity index (χ3v) is 3.63. The highest BCUT2D eigenvalue weighted by Crippen LogP contribution is 2.24. The van der Waals surface area contributed by atoms with Crippen molar-refractivity contribution in [1.82, 2.24) is 19.3 Å². The molecular formula is C13H21ClN4O. The molecule has 0 aromatic carbocycles. The fourth-order valence-electron chi connectivity index (χ4n) is 2.20. The lowest BCUT2D eigenvalue weighted by Gasteiger charge is -2.24. The molecular weight excluding hydrogens is 264 g/mol. The van der Waals surface area contributed by atoms with Crippen LogP contribution in [0.5, 0.6) is 0 Å². The van der Waals surface area contributed by atoms with E-state index < -0.39 is 0 Å². The van der Waals surface area contributed by atoms with Crippen LogP contribution in [0.1, 0.15) is 32.3 Å². The second-order valence-electron chi connectivity index (χ2n) is 5.29. The Morgan fingerprint density at radius 1 is 1.37 bits per heavy atom. The van der Waals surface area contributed by atoms with Gasteiger partial charge in [0.25, 0.3) is 0 Å². The normalized spacial score (nSPS) is 12.5. The van der Waals surface area contributed by atoms with Crippen LogP contribution in [-0.4, -0.2) is 32.0 Å². The molecule has 0 aliphatic heterocycles. The van der Waals surface area contributed by atoms with Crippen LogP contribution in [0.25, 0.3) is 11.2 Å². The van der Waals surface area contributed by atoms with Crippen molar-refractivity contribution < 1.29 is 4.74 Å². The molecule has 0 fully saturated rings. The topological polar surface area (TPSA) is 44.9 Å². The number of hydrogen-bond donors (Lipinski definition) is 0. The Labute approximate surface area is 118 Å². The maximum atomic E-state index is 6.03. The molecule has 0 saturated heterocycles. The first-order chi connectivity index (χ1) is 8.93. The first kappa shape index (κ1) is 14.3. The van der Waals surface area contributed by atoms with Crippen molar-refractivity contribution in [2.45, 2.75) is 52.3 Å². The second kappa shape index (κ2) is 5.13. The summed E-state index contributed by atoms with van der Waals surface area (Å²) in [7, 11) is 1.72. The minimum absolute atomic E-state index is 0.273. The van der Waals surface area contributed by atoms with Gasteiger partial charge in [-0.2, -0.15) is 5.10 Å². The van der Waals surface area contributed by atoms with Gasteiger partial charge in [-0.1, -0.05) is 0 Å². The molecule has 6 heteroatoms. The maximum Gasteiger partial charge on any atom is 0.159 e. The number of ether oxygens (including phenoxy) is 1. The van der Waals surface area contributed by atoms with Gasteiger partial charge in [-0.15, -0.1) is 11.6 Å². The molecule has 0 atom stereocenters. The van der Waals surface area contributed by atoms with E-state index in [2.05, 4.69) is 35.4 Å². The molecule has 106 valence electrons. The van der Waals surface area contributed by atoms with Crippen LogP contribution < -0.4 is 0 Å². The third-order valence-electron chi connectivity index (χ3n) is 3.39. The highest BCUT2D eigenvalue weighted by molar-refractivity contribution is 6.16. The number of aryl methyl sites for hydroxylation is 2. The van der Waals surface area contributed by atoms with Crippen LogP contribution in [0.2, 0.25) is 0 Å². The molecule has 0 unspecified atom stereocenters. The van der Waals surface area contributed by atoms with Gasteiger partial charge in [0.15, 0.2) is 5.65 Å². The smallest absolute Gasteiger partial charge is 0.159 e. The standard InChI is InChI=1S/C13H21ClN4O/c1-6-18-12-11(9(2)16-18)15-10(7-14)17(12)8-13(3,4)19-5/h6-8H2,1-5H3. The summed E-state index contributed by atoms with van der Waals surface area (Å²) in [5.74, 6) is 1.25. The zero-order valence-electron chi connectivity index (χ0n) is 12.2. The Morgan fingerprint density at radius 3 is 2.58 bits per heavy atom. The number of halogens is 1. The van der Waals surface area contributed by atoms with Crippen molar-refractivity contribution >= 4 is 22.8 Å². The first-order valence-electron chi connectivity index (χ1n) is 6.47. The Morgan fingerprint density at radius 2 is 2.05 bits per heavy atom. The van der Waals surface area contributed by atoms with Crippen molar-refractivity contribution in [3.05, 3.63) is 11.5 Å². The van der Waals surface area contributed by atoms with Crippen LogP contribution in [0.3, 0.4) is 0 Å². The maximum absolute atomic E-state index is 6.03. The Bertz CT molecular complexity index is 585. The average molecular weight is 285 g/mol. The second-order valence-corrected chi connectivity index (χ2v) is 5.55. The summed E-state index contributed by atoms with van der Waals surface area (Å²) in [5.41, 5.74) is 2.63. The Kier molecular flexibility index (Phi) is 3.87. The van der Waals surface area contributed by atoms with Gasteiger partial charge in [-0.3, -0.25) is 0 Å². The third kappa shape index (κ3) is 2.49. The Hall–Kier alpha value is -1.07. The molecule has 2 heterocycles. The number of alkyl halides is 1. The van der Waals surface area contributed by atoms with E-state index in [-0.39, 0.29) is 5.60 Å². The van der Waals surface area contributed by atoms with E-state index in [1.807, 2.05) is 11.6 Å². The van der Waals surface area contributed by atoms with Gasteiger partial charge in [0.2, 0.25) is 0 Å². The summed E-state index contributed by atoms with van der Waals surface area (Å²) in [6.07, 6.45) is 0. The van der Waals surface area contributed by atoms with Crippen molar-refractivity contribution in [3.8, 4) is 0 Å². The van der Waals surface area contributed by atoms with E-state index in [9.17, 15) is 0 Å². The minimum atomic E-state index is -0.273. The molecule has 0 aliphatic carbocycles. The van der Waals surface area contributed by atoms with Gasteiger partial charge in [0.1, 0.15) is 11.3 Å². The zero-order valence-corrected chi connectivity index (χ0v) is 13.0. The first-order valence-corrected chi connectivity index (χ1v) is 7.00. The molecule has 0 radical (unpaired) electrons. The fraction of sp³-hybridized carbons (Fsp3) is 0.692. The molecule has 2 rings (SSSR count). The molecule has 0 aliphatic rings. The van der Waals surface area contributed by atoms with Crippen molar-refractivity contribution in [2.75, 3.05) is 7.11 Å². The summed E-state index contributed by atoms with van der Waals surface area (Å²) < 4.78 is 9.61. The van der Waals surface area contributed by atoms with E-state index in [4.69, 9.17) is 16.3 Å². The van der Waals surface area contributed by atoms with E-state index in [0.717, 1.165) is 29.2 Å². The van der Waals surface area contributed by atoms with E-state index in [1.54, 1.807) is 7.11 Å². The average Bonchev–Trinajstić information content (AvgIpc) is 2.88. The summed E-state index contributed by atoms with van der Waals surface area (Å²) >= 11 is 6.03. The molecule has 0 spiro atoms. The van der Waals surface area contributed by atoms with E-state index in [0.29, 0.717) is 12.4 Å². The quantitative estimate of drug-likeness (QED) is 0.793. The number of aromatic nitrogens is 4. The summed E-state index contributed by atoms with van der Waals surface area (Å²) in [5, 5.41) is 4.51. The molecule has 2 aromatic rings. The van der Waals surface area contributed by atoms with Gasteiger partial charge >= 0.3 is 0 Å². The van der Waals surface area contributed by atoms with Crippen LogP contribution in [0.15, 0.2) is 0 Å². The number of methoxy groups -OCH3 is 1. The van der Waals surface area contributed by atoms with Gasteiger partial charge in [0.05, 0.1) is 23.7 Å². The molecule has 2 aromatic heterocycles. The molecule has 0 amide bonds. The van der Waals surface area contributed by atoms with Gasteiger partial charge < -0.3 is 9.30 Å². The predicted molar refractivity (Wildman–Crippen MR) is 76.6 cm³/mol. The highest BCUT2D eigenvalue weighted by Gasteiger charge is 2.24. The van der Waals surface area contributed by atoms with Crippen LogP contribution >= 0.6 is 11.6 Å². The van der Waals surface area contributed by atoms with E-state index in [1.165, 1.54) is 0 Å². The number of hydrogen-bond acceptors (Lipinski definition) is 3. The molecule has 19 heavy (non-hydrogen) atoms. The lowest BCUT2D eigenvalue weighted by molar-refractivity contribution is 0.00830. The highest BCUT2D eigenvalue weighted by atomic mass is 35.5. The van der Waals surface area contributed by atoms with E-state index >= 15 is 0 Å². The van der Waals surface area contributed by atoms with Gasteiger partial charge in [0, 0.05) is 13.7 Å². The van der Waals surface area contributed by atoms with Crippen LogP contribution in [0, 0.1) is 6.92 Å². The predicted octanol–water partition coefficient (Wildman–Crippen LogP) is 2.72. The molecule has 5 nitrogen and oxygen atoms in total. The largest absolute Gasteiger partial charge is 0.377 e. The summed E-state index contributed by atoms with van der Waals surface area (Å²) in [6, 6.07) is 0. The number of imidazole rings is 1. The lowest BCUT2D eigenvalue weighted by atomic mass is 10.1. The van der Waals surface area contributed by atoms with Crippen molar-refractivity contribution in [2.24, 2.45) is 0 Å². The van der Waals surface area contributed by atoms with Gasteiger partial charge in [-0.25, -0.2) is 9.67 Å². The lowest BCUT2D eigenvalue weighted by Crippen LogP contribution is -2.30. The summed E-state index contributed by atoms with van der Waals surface area (Å²) in [4.78, 5) is 4.61. The summed E-state index contributed by atoms with van der Waals surface area (Å²) in [6.45, 7) is 9.67. The Balaban J connectivity index is 2.62. The fourth-order valence-corrected chi connectivity index (χ4v) is 2.41.